The van der Waals surface area contributed by atoms with Gasteiger partial charge in [-0.05, 0) is 31.4 Å². The molecule has 1 aromatic heterocycles. The molecule has 0 bridgehead atoms. The molecule has 1 aromatic carbocycles. The lowest BCUT2D eigenvalue weighted by molar-refractivity contribution is -0.131. The van der Waals surface area contributed by atoms with E-state index in [0.717, 1.165) is 13.0 Å². The molecule has 0 atom stereocenters. The molecule has 1 amide bonds. The molecule has 2 aromatic rings. The summed E-state index contributed by atoms with van der Waals surface area (Å²) in [6, 6.07) is 8.22. The predicted molar refractivity (Wildman–Crippen MR) is 88.2 cm³/mol. The summed E-state index contributed by atoms with van der Waals surface area (Å²) in [5.74, 6) is 0.662. The van der Waals surface area contributed by atoms with Gasteiger partial charge in [-0.1, -0.05) is 24.3 Å². The van der Waals surface area contributed by atoms with Gasteiger partial charge in [-0.2, -0.15) is 0 Å². The highest BCUT2D eigenvalue weighted by Gasteiger charge is 2.22. The van der Waals surface area contributed by atoms with Crippen molar-refractivity contribution < 1.29 is 4.79 Å². The first kappa shape index (κ1) is 15.5. The third-order valence-corrected chi connectivity index (χ3v) is 4.64. The monoisotopic (exact) mass is 311 g/mol. The maximum absolute atomic E-state index is 12.6. The van der Waals surface area contributed by atoms with Crippen LogP contribution < -0.4 is 5.56 Å². The molecule has 0 spiro atoms. The average molecular weight is 311 g/mol. The molecule has 1 aliphatic heterocycles. The van der Waals surface area contributed by atoms with Crippen molar-refractivity contribution in [2.24, 2.45) is 7.05 Å². The van der Waals surface area contributed by atoms with Crippen LogP contribution in [-0.4, -0.2) is 26.9 Å². The van der Waals surface area contributed by atoms with Gasteiger partial charge in [-0.15, -0.1) is 0 Å². The minimum absolute atomic E-state index is 0.0303. The Balaban J connectivity index is 1.80. The predicted octanol–water partition coefficient (Wildman–Crippen LogP) is 1.52. The van der Waals surface area contributed by atoms with E-state index < -0.39 is 0 Å². The normalized spacial score (nSPS) is 13.8. The van der Waals surface area contributed by atoms with E-state index in [0.29, 0.717) is 23.6 Å². The van der Waals surface area contributed by atoms with Crippen LogP contribution in [0.1, 0.15) is 28.2 Å². The Labute approximate surface area is 135 Å². The lowest BCUT2D eigenvalue weighted by Crippen LogP contribution is -2.37. The summed E-state index contributed by atoms with van der Waals surface area (Å²) < 4.78 is 1.51. The number of rotatable bonds is 2. The van der Waals surface area contributed by atoms with Gasteiger partial charge in [-0.3, -0.25) is 14.2 Å². The first-order valence-electron chi connectivity index (χ1n) is 7.85. The van der Waals surface area contributed by atoms with Crippen LogP contribution in [0.5, 0.6) is 0 Å². The van der Waals surface area contributed by atoms with Gasteiger partial charge in [0.05, 0.1) is 12.1 Å². The number of hydrogen-bond donors (Lipinski definition) is 0. The zero-order valence-corrected chi connectivity index (χ0v) is 13.8. The summed E-state index contributed by atoms with van der Waals surface area (Å²) in [7, 11) is 1.70. The second-order valence-electron chi connectivity index (χ2n) is 6.11. The van der Waals surface area contributed by atoms with Gasteiger partial charge >= 0.3 is 0 Å². The fraction of sp³-hybridized carbons (Fsp3) is 0.389. The minimum Gasteiger partial charge on any atom is -0.338 e. The van der Waals surface area contributed by atoms with Crippen LogP contribution >= 0.6 is 0 Å². The number of benzene rings is 1. The van der Waals surface area contributed by atoms with Gasteiger partial charge in [-0.25, -0.2) is 4.98 Å². The van der Waals surface area contributed by atoms with Crippen molar-refractivity contribution in [2.45, 2.75) is 33.2 Å². The minimum atomic E-state index is -0.0794. The molecule has 0 fully saturated rings. The van der Waals surface area contributed by atoms with Crippen molar-refractivity contribution in [1.29, 1.82) is 0 Å². The summed E-state index contributed by atoms with van der Waals surface area (Å²) >= 11 is 0. The van der Waals surface area contributed by atoms with Crippen molar-refractivity contribution in [3.05, 3.63) is 62.8 Å². The van der Waals surface area contributed by atoms with Crippen LogP contribution in [0.2, 0.25) is 0 Å². The highest BCUT2D eigenvalue weighted by Crippen LogP contribution is 2.19. The molecule has 0 aliphatic carbocycles. The van der Waals surface area contributed by atoms with Gasteiger partial charge < -0.3 is 4.90 Å². The number of amides is 1. The molecule has 23 heavy (non-hydrogen) atoms. The molecule has 5 nitrogen and oxygen atoms in total. The van der Waals surface area contributed by atoms with Gasteiger partial charge in [0, 0.05) is 25.7 Å². The molecular weight excluding hydrogens is 290 g/mol. The number of hydrogen-bond acceptors (Lipinski definition) is 3. The van der Waals surface area contributed by atoms with Crippen LogP contribution in [0.4, 0.5) is 0 Å². The van der Waals surface area contributed by atoms with Crippen LogP contribution in [0.15, 0.2) is 29.1 Å². The van der Waals surface area contributed by atoms with E-state index in [4.69, 9.17) is 0 Å². The second kappa shape index (κ2) is 5.99. The highest BCUT2D eigenvalue weighted by molar-refractivity contribution is 5.79. The molecule has 5 heteroatoms. The van der Waals surface area contributed by atoms with E-state index in [1.807, 2.05) is 17.0 Å². The van der Waals surface area contributed by atoms with Crippen LogP contribution in [0.3, 0.4) is 0 Å². The summed E-state index contributed by atoms with van der Waals surface area (Å²) in [6.45, 7) is 4.88. The Morgan fingerprint density at radius 1 is 1.22 bits per heavy atom. The van der Waals surface area contributed by atoms with E-state index >= 15 is 0 Å². The fourth-order valence-electron chi connectivity index (χ4n) is 3.01. The van der Waals surface area contributed by atoms with E-state index in [-0.39, 0.29) is 17.9 Å². The summed E-state index contributed by atoms with van der Waals surface area (Å²) in [5.41, 5.74) is 3.59. The van der Waals surface area contributed by atoms with Gasteiger partial charge in [0.15, 0.2) is 0 Å². The van der Waals surface area contributed by atoms with Crippen molar-refractivity contribution in [1.82, 2.24) is 14.5 Å². The van der Waals surface area contributed by atoms with Crippen LogP contribution in [-0.2, 0) is 31.2 Å². The van der Waals surface area contributed by atoms with Gasteiger partial charge in [0.25, 0.3) is 5.56 Å². The average Bonchev–Trinajstić information content (AvgIpc) is 2.57. The zero-order valence-electron chi connectivity index (χ0n) is 13.8. The Morgan fingerprint density at radius 3 is 2.65 bits per heavy atom. The summed E-state index contributed by atoms with van der Waals surface area (Å²) in [6.07, 6.45) is 1.06. The van der Waals surface area contributed by atoms with Gasteiger partial charge in [0.1, 0.15) is 5.82 Å². The Kier molecular flexibility index (Phi) is 4.03. The topological polar surface area (TPSA) is 55.2 Å². The molecule has 1 aliphatic rings. The van der Waals surface area contributed by atoms with E-state index in [9.17, 15) is 9.59 Å². The van der Waals surface area contributed by atoms with Crippen molar-refractivity contribution in [2.75, 3.05) is 6.54 Å². The van der Waals surface area contributed by atoms with E-state index in [2.05, 4.69) is 17.1 Å². The molecule has 0 radical (unpaired) electrons. The number of fused-ring (bicyclic) bond motifs is 1. The quantitative estimate of drug-likeness (QED) is 0.845. The Hall–Kier alpha value is -2.43. The second-order valence-corrected chi connectivity index (χ2v) is 6.11. The molecule has 0 N–H and O–H groups in total. The first-order valence-corrected chi connectivity index (χ1v) is 7.85. The van der Waals surface area contributed by atoms with Crippen molar-refractivity contribution in [3.8, 4) is 0 Å². The molecule has 2 heterocycles. The van der Waals surface area contributed by atoms with Crippen molar-refractivity contribution in [3.63, 3.8) is 0 Å². The highest BCUT2D eigenvalue weighted by atomic mass is 16.2. The van der Waals surface area contributed by atoms with Crippen molar-refractivity contribution >= 4 is 5.91 Å². The molecular formula is C18H21N3O2. The van der Waals surface area contributed by atoms with Crippen LogP contribution in [0, 0.1) is 13.8 Å². The fourth-order valence-corrected chi connectivity index (χ4v) is 3.01. The third-order valence-electron chi connectivity index (χ3n) is 4.64. The molecule has 0 saturated heterocycles. The smallest absolute Gasteiger partial charge is 0.256 e. The standard InChI is InChI=1S/C18H21N3O2/c1-12-16(19-13(2)20(3)18(12)23)10-17(22)21-9-8-14-6-4-5-7-15(14)11-21/h4-7H,8-11H2,1-3H3. The number of aryl methyl sites for hydroxylation is 1. The zero-order chi connectivity index (χ0) is 16.6. The Morgan fingerprint density at radius 2 is 1.91 bits per heavy atom. The molecule has 0 saturated carbocycles. The summed E-state index contributed by atoms with van der Waals surface area (Å²) in [5, 5.41) is 0. The van der Waals surface area contributed by atoms with E-state index in [1.54, 1.807) is 20.9 Å². The van der Waals surface area contributed by atoms with E-state index in [1.165, 1.54) is 15.7 Å². The molecule has 3 rings (SSSR count). The lowest BCUT2D eigenvalue weighted by Gasteiger charge is -2.29. The lowest BCUT2D eigenvalue weighted by atomic mass is 9.99. The number of nitrogens with zero attached hydrogens (tertiary/aromatic N) is 3. The first-order chi connectivity index (χ1) is 11.0. The van der Waals surface area contributed by atoms with Gasteiger partial charge in [0.2, 0.25) is 5.91 Å². The number of carbonyl (C=O) groups is 1. The summed E-state index contributed by atoms with van der Waals surface area (Å²) in [4.78, 5) is 31.0. The Bertz CT molecular complexity index is 824. The number of aromatic nitrogens is 2. The van der Waals surface area contributed by atoms with Crippen LogP contribution in [0.25, 0.3) is 0 Å². The maximum Gasteiger partial charge on any atom is 0.256 e. The number of carbonyl (C=O) groups excluding carboxylic acids is 1. The molecule has 120 valence electrons. The molecule has 0 unspecified atom stereocenters. The SMILES string of the molecule is Cc1c(CC(=O)N2CCc3ccccc3C2)nc(C)n(C)c1=O. The maximum atomic E-state index is 12.6. The third kappa shape index (κ3) is 2.91. The largest absolute Gasteiger partial charge is 0.338 e.